The molecule has 1 aromatic heterocycles. The monoisotopic (exact) mass is 630 g/mol. The lowest BCUT2D eigenvalue weighted by Crippen LogP contribution is -2.62. The van der Waals surface area contributed by atoms with E-state index in [9.17, 15) is 22.8 Å². The Morgan fingerprint density at radius 3 is 2.16 bits per heavy atom. The predicted octanol–water partition coefficient (Wildman–Crippen LogP) is 3.18. The van der Waals surface area contributed by atoms with E-state index in [1.54, 1.807) is 24.4 Å². The van der Waals surface area contributed by atoms with E-state index in [0.717, 1.165) is 11.8 Å². The second-order valence-corrected chi connectivity index (χ2v) is 15.2. The Kier molecular flexibility index (Phi) is 11.9. The van der Waals surface area contributed by atoms with E-state index < -0.39 is 50.9 Å². The first-order valence-electron chi connectivity index (χ1n) is 14.9. The topological polar surface area (TPSA) is 156 Å². The number of epoxide rings is 1. The third-order valence-corrected chi connectivity index (χ3v) is 10.2. The van der Waals surface area contributed by atoms with Crippen LogP contribution in [0.4, 0.5) is 4.79 Å². The van der Waals surface area contributed by atoms with Crippen molar-refractivity contribution in [1.82, 2.24) is 20.9 Å². The molecular weight excluding hydrogens is 584 g/mol. The minimum atomic E-state index is -3.84. The Bertz CT molecular complexity index is 1360. The summed E-state index contributed by atoms with van der Waals surface area (Å²) in [4.78, 5) is 43.6. The van der Waals surface area contributed by atoms with Crippen LogP contribution in [-0.4, -0.2) is 72.6 Å². The van der Waals surface area contributed by atoms with Gasteiger partial charge in [-0.25, -0.2) is 13.2 Å². The molecule has 3 rings (SSSR count). The fourth-order valence-electron chi connectivity index (χ4n) is 5.14. The summed E-state index contributed by atoms with van der Waals surface area (Å²) in [6, 6.07) is 12.5. The van der Waals surface area contributed by atoms with Crippen LogP contribution in [0.15, 0.2) is 54.7 Å². The largest absolute Gasteiger partial charge is 0.443 e. The van der Waals surface area contributed by atoms with Gasteiger partial charge in [-0.15, -0.1) is 0 Å². The molecule has 4 atom stereocenters. The lowest BCUT2D eigenvalue weighted by Gasteiger charge is -2.33. The highest BCUT2D eigenvalue weighted by Crippen LogP contribution is 2.31. The molecule has 2 heterocycles. The van der Waals surface area contributed by atoms with Gasteiger partial charge < -0.3 is 25.4 Å². The zero-order valence-corrected chi connectivity index (χ0v) is 27.4. The SMILES string of the molecule is CC(C)C(NC(=O)C[C@@H]1O[C@@H]1[C@H](Cc1ccccc1)NC(=O)[C@@H](NC(=O)OCc1ccccn1)C(C)(C)S(C)(=O)=O)C(C)C. The summed E-state index contributed by atoms with van der Waals surface area (Å²) < 4.78 is 35.0. The van der Waals surface area contributed by atoms with Crippen LogP contribution in [0.25, 0.3) is 0 Å². The number of rotatable bonds is 15. The van der Waals surface area contributed by atoms with Gasteiger partial charge in [-0.1, -0.05) is 64.1 Å². The number of carbonyl (C=O) groups excluding carboxylic acids is 3. The van der Waals surface area contributed by atoms with Crippen LogP contribution in [0.5, 0.6) is 0 Å². The van der Waals surface area contributed by atoms with Gasteiger partial charge in [0.05, 0.1) is 29.0 Å². The van der Waals surface area contributed by atoms with Crippen molar-refractivity contribution in [3.8, 4) is 0 Å². The number of carbonyl (C=O) groups is 3. The molecule has 3 N–H and O–H groups in total. The summed E-state index contributed by atoms with van der Waals surface area (Å²) in [5.41, 5.74) is 1.40. The van der Waals surface area contributed by atoms with E-state index in [2.05, 4.69) is 48.6 Å². The van der Waals surface area contributed by atoms with Crippen molar-refractivity contribution in [3.05, 3.63) is 66.0 Å². The van der Waals surface area contributed by atoms with Crippen LogP contribution in [0.1, 0.15) is 59.2 Å². The highest BCUT2D eigenvalue weighted by molar-refractivity contribution is 7.92. The van der Waals surface area contributed by atoms with Crippen molar-refractivity contribution >= 4 is 27.7 Å². The summed E-state index contributed by atoms with van der Waals surface area (Å²) in [5, 5.41) is 8.48. The molecule has 1 aromatic carbocycles. The average Bonchev–Trinajstić information content (AvgIpc) is 3.72. The van der Waals surface area contributed by atoms with Gasteiger partial charge in [0.1, 0.15) is 18.8 Å². The number of hydrogen-bond acceptors (Lipinski definition) is 8. The standard InChI is InChI=1S/C32H46N4O7S/c1-20(2)27(21(3)4)35-26(37)18-25-28(43-25)24(17-22-13-9-8-10-14-22)34-30(38)29(32(5,6)44(7,40)41)36-31(39)42-19-23-15-11-12-16-33-23/h8-16,20-21,24-25,27-29H,17-19H2,1-7H3,(H,34,38)(H,35,37)(H,36,39)/t24-,25-,28+,29+/m0/s1. The van der Waals surface area contributed by atoms with Crippen molar-refractivity contribution in [2.24, 2.45) is 11.8 Å². The predicted molar refractivity (Wildman–Crippen MR) is 167 cm³/mol. The molecule has 1 aliphatic heterocycles. The average molecular weight is 631 g/mol. The second-order valence-electron chi connectivity index (χ2n) is 12.6. The van der Waals surface area contributed by atoms with Crippen LogP contribution >= 0.6 is 0 Å². The molecule has 0 aliphatic carbocycles. The number of sulfone groups is 1. The van der Waals surface area contributed by atoms with Gasteiger partial charge in [0.2, 0.25) is 11.8 Å². The van der Waals surface area contributed by atoms with Gasteiger partial charge in [0.25, 0.3) is 0 Å². The molecule has 12 heteroatoms. The quantitative estimate of drug-likeness (QED) is 0.254. The Morgan fingerprint density at radius 2 is 1.59 bits per heavy atom. The molecule has 1 fully saturated rings. The smallest absolute Gasteiger partial charge is 0.408 e. The van der Waals surface area contributed by atoms with Gasteiger partial charge in [-0.3, -0.25) is 14.6 Å². The maximum absolute atomic E-state index is 13.8. The van der Waals surface area contributed by atoms with E-state index in [4.69, 9.17) is 9.47 Å². The normalized spacial score (nSPS) is 18.0. The minimum Gasteiger partial charge on any atom is -0.443 e. The van der Waals surface area contributed by atoms with Gasteiger partial charge >= 0.3 is 6.09 Å². The number of alkyl carbamates (subject to hydrolysis) is 1. The van der Waals surface area contributed by atoms with E-state index in [1.165, 1.54) is 13.8 Å². The number of aromatic nitrogens is 1. The summed E-state index contributed by atoms with van der Waals surface area (Å²) in [6.07, 6.45) is 1.17. The Balaban J connectivity index is 1.77. The lowest BCUT2D eigenvalue weighted by atomic mass is 9.93. The zero-order valence-electron chi connectivity index (χ0n) is 26.6. The van der Waals surface area contributed by atoms with Crippen LogP contribution in [-0.2, 0) is 41.9 Å². The van der Waals surface area contributed by atoms with Crippen molar-refractivity contribution in [2.45, 2.75) is 96.1 Å². The number of hydrogen-bond donors (Lipinski definition) is 3. The van der Waals surface area contributed by atoms with Crippen LogP contribution in [0.3, 0.4) is 0 Å². The molecule has 3 amide bonds. The first kappa shape index (κ1) is 35.0. The highest BCUT2D eigenvalue weighted by Gasteiger charge is 2.49. The summed E-state index contributed by atoms with van der Waals surface area (Å²) in [5.74, 6) is -0.325. The molecule has 2 aromatic rings. The third-order valence-electron chi connectivity index (χ3n) is 8.05. The molecule has 11 nitrogen and oxygen atoms in total. The number of ether oxygens (including phenoxy) is 2. The number of nitrogens with zero attached hydrogens (tertiary/aromatic N) is 1. The molecule has 0 unspecified atom stereocenters. The Hall–Kier alpha value is -3.51. The highest BCUT2D eigenvalue weighted by atomic mass is 32.2. The lowest BCUT2D eigenvalue weighted by molar-refractivity contribution is -0.124. The maximum atomic E-state index is 13.8. The Morgan fingerprint density at radius 1 is 0.955 bits per heavy atom. The van der Waals surface area contributed by atoms with Crippen molar-refractivity contribution < 1.29 is 32.3 Å². The maximum Gasteiger partial charge on any atom is 0.408 e. The van der Waals surface area contributed by atoms with Gasteiger partial charge in [-0.2, -0.15) is 0 Å². The zero-order chi connectivity index (χ0) is 32.7. The number of pyridine rings is 1. The van der Waals surface area contributed by atoms with Crippen molar-refractivity contribution in [2.75, 3.05) is 6.26 Å². The van der Waals surface area contributed by atoms with E-state index in [-0.39, 0.29) is 36.8 Å². The first-order chi connectivity index (χ1) is 20.6. The van der Waals surface area contributed by atoms with E-state index in [0.29, 0.717) is 12.1 Å². The van der Waals surface area contributed by atoms with E-state index in [1.807, 2.05) is 30.3 Å². The fourth-order valence-corrected chi connectivity index (χ4v) is 5.73. The molecule has 0 radical (unpaired) electrons. The first-order valence-corrected chi connectivity index (χ1v) is 16.8. The van der Waals surface area contributed by atoms with Gasteiger partial charge in [0.15, 0.2) is 9.84 Å². The number of benzene rings is 1. The molecule has 1 aliphatic rings. The third kappa shape index (κ3) is 9.75. The summed E-state index contributed by atoms with van der Waals surface area (Å²) >= 11 is 0. The number of amides is 3. The molecule has 242 valence electrons. The summed E-state index contributed by atoms with van der Waals surface area (Å²) in [6.45, 7) is 10.8. The van der Waals surface area contributed by atoms with Crippen LogP contribution < -0.4 is 16.0 Å². The van der Waals surface area contributed by atoms with Crippen LogP contribution in [0, 0.1) is 11.8 Å². The molecule has 0 bridgehead atoms. The molecular formula is C32H46N4O7S. The molecule has 0 spiro atoms. The Labute approximate surface area is 260 Å². The van der Waals surface area contributed by atoms with E-state index >= 15 is 0 Å². The van der Waals surface area contributed by atoms with Crippen LogP contribution in [0.2, 0.25) is 0 Å². The summed E-state index contributed by atoms with van der Waals surface area (Å²) in [7, 11) is -3.84. The second kappa shape index (κ2) is 15.0. The fraction of sp³-hybridized carbons (Fsp3) is 0.562. The molecule has 1 saturated heterocycles. The van der Waals surface area contributed by atoms with Crippen molar-refractivity contribution in [3.63, 3.8) is 0 Å². The van der Waals surface area contributed by atoms with Crippen molar-refractivity contribution in [1.29, 1.82) is 0 Å². The van der Waals surface area contributed by atoms with Gasteiger partial charge in [0, 0.05) is 18.5 Å². The number of nitrogens with one attached hydrogen (secondary N) is 3. The molecule has 44 heavy (non-hydrogen) atoms. The molecule has 0 saturated carbocycles. The minimum absolute atomic E-state index is 0.0157. The van der Waals surface area contributed by atoms with Gasteiger partial charge in [-0.05, 0) is 49.8 Å².